The number of likely N-dealkylation sites (tertiary alicyclic amines) is 1. The molecule has 2 aliphatic heterocycles. The lowest BCUT2D eigenvalue weighted by Gasteiger charge is -2.53. The number of carbonyl (C=O) groups excluding carboxylic acids is 1. The van der Waals surface area contributed by atoms with Crippen LogP contribution in [-0.2, 0) is 0 Å². The highest BCUT2D eigenvalue weighted by Gasteiger charge is 2.50. The fourth-order valence-corrected chi connectivity index (χ4v) is 5.99. The summed E-state index contributed by atoms with van der Waals surface area (Å²) in [4.78, 5) is 24.2. The number of hydrogen-bond acceptors (Lipinski definition) is 8. The Morgan fingerprint density at radius 1 is 1.24 bits per heavy atom. The number of anilines is 1. The van der Waals surface area contributed by atoms with Gasteiger partial charge in [-0.2, -0.15) is 0 Å². The van der Waals surface area contributed by atoms with E-state index < -0.39 is 5.82 Å². The Labute approximate surface area is 225 Å². The summed E-state index contributed by atoms with van der Waals surface area (Å²) in [6.07, 6.45) is 4.66. The van der Waals surface area contributed by atoms with E-state index >= 15 is 0 Å². The summed E-state index contributed by atoms with van der Waals surface area (Å²) in [6.45, 7) is 15.4. The van der Waals surface area contributed by atoms with Crippen molar-refractivity contribution in [2.75, 3.05) is 44.2 Å². The molecule has 4 rings (SSSR count). The predicted octanol–water partition coefficient (Wildman–Crippen LogP) is 3.95. The summed E-state index contributed by atoms with van der Waals surface area (Å²) in [5.41, 5.74) is 6.15. The third-order valence-corrected chi connectivity index (χ3v) is 7.93. The molecule has 2 saturated heterocycles. The number of nitrogens with two attached hydrogens (primary N) is 1. The first-order chi connectivity index (χ1) is 18.2. The second-order valence-corrected chi connectivity index (χ2v) is 11.3. The summed E-state index contributed by atoms with van der Waals surface area (Å²) < 4.78 is 20.3. The summed E-state index contributed by atoms with van der Waals surface area (Å²) in [5.74, 6) is 0.853. The van der Waals surface area contributed by atoms with Crippen molar-refractivity contribution in [2.45, 2.75) is 66.0 Å². The Hall–Kier alpha value is -2.85. The molecule has 1 atom stereocenters. The SMILES string of the molecule is CCN(C(=O)c1cc(F)ccc1Oc1nncnc1N1CCC2(C1)CN([C@H](CCCN)C(C)C)C2)C(C)C. The Morgan fingerprint density at radius 2 is 2.00 bits per heavy atom. The lowest BCUT2D eigenvalue weighted by Crippen LogP contribution is -2.62. The van der Waals surface area contributed by atoms with Gasteiger partial charge in [-0.05, 0) is 70.7 Å². The van der Waals surface area contributed by atoms with Gasteiger partial charge in [-0.3, -0.25) is 9.69 Å². The standard InChI is InChI=1S/C28H42FN7O2/c1-6-36(20(4)5)27(37)22-14-21(29)9-10-24(22)38-26-25(31-18-32-33-26)34-13-11-28(15-34)16-35(17-28)23(19(2)3)8-7-12-30/h9-10,14,18-20,23H,6-8,11-13,15-17,30H2,1-5H3/t23-/m1/s1. The van der Waals surface area contributed by atoms with Gasteiger partial charge in [0, 0.05) is 50.2 Å². The molecule has 9 nitrogen and oxygen atoms in total. The van der Waals surface area contributed by atoms with Gasteiger partial charge in [0.2, 0.25) is 0 Å². The second kappa shape index (κ2) is 11.9. The van der Waals surface area contributed by atoms with E-state index in [1.54, 1.807) is 4.90 Å². The molecule has 10 heteroatoms. The van der Waals surface area contributed by atoms with E-state index in [1.165, 1.54) is 24.5 Å². The molecule has 0 saturated carbocycles. The van der Waals surface area contributed by atoms with E-state index in [1.807, 2.05) is 20.8 Å². The zero-order valence-electron chi connectivity index (χ0n) is 23.4. The largest absolute Gasteiger partial charge is 0.434 e. The van der Waals surface area contributed by atoms with Crippen molar-refractivity contribution in [1.82, 2.24) is 25.0 Å². The van der Waals surface area contributed by atoms with Crippen LogP contribution in [0.5, 0.6) is 11.6 Å². The van der Waals surface area contributed by atoms with E-state index in [0.717, 1.165) is 52.0 Å². The maximum absolute atomic E-state index is 14.2. The van der Waals surface area contributed by atoms with Gasteiger partial charge in [0.15, 0.2) is 5.82 Å². The van der Waals surface area contributed by atoms with Gasteiger partial charge in [0.05, 0.1) is 5.56 Å². The van der Waals surface area contributed by atoms with E-state index in [4.69, 9.17) is 10.5 Å². The summed E-state index contributed by atoms with van der Waals surface area (Å²) >= 11 is 0. The van der Waals surface area contributed by atoms with E-state index in [9.17, 15) is 9.18 Å². The van der Waals surface area contributed by atoms with Crippen molar-refractivity contribution in [2.24, 2.45) is 17.1 Å². The van der Waals surface area contributed by atoms with Crippen LogP contribution in [0.15, 0.2) is 24.5 Å². The molecular formula is C28H42FN7O2. The normalized spacial score (nSPS) is 17.8. The van der Waals surface area contributed by atoms with Crippen LogP contribution in [0.2, 0.25) is 0 Å². The van der Waals surface area contributed by atoms with Crippen LogP contribution in [0, 0.1) is 17.2 Å². The topological polar surface area (TPSA) is 101 Å². The van der Waals surface area contributed by atoms with Gasteiger partial charge in [0.1, 0.15) is 17.9 Å². The van der Waals surface area contributed by atoms with Gasteiger partial charge in [-0.1, -0.05) is 13.8 Å². The maximum atomic E-state index is 14.2. The Morgan fingerprint density at radius 3 is 2.66 bits per heavy atom. The molecular weight excluding hydrogens is 485 g/mol. The van der Waals surface area contributed by atoms with Crippen molar-refractivity contribution in [3.63, 3.8) is 0 Å². The molecule has 2 aromatic rings. The third kappa shape index (κ3) is 5.91. The second-order valence-electron chi connectivity index (χ2n) is 11.3. The highest BCUT2D eigenvalue weighted by atomic mass is 19.1. The van der Waals surface area contributed by atoms with Crippen molar-refractivity contribution in [3.8, 4) is 11.6 Å². The zero-order valence-corrected chi connectivity index (χ0v) is 23.4. The van der Waals surface area contributed by atoms with Gasteiger partial charge < -0.3 is 20.3 Å². The van der Waals surface area contributed by atoms with Crippen molar-refractivity contribution in [1.29, 1.82) is 0 Å². The minimum absolute atomic E-state index is 0.0363. The minimum atomic E-state index is -0.500. The quantitative estimate of drug-likeness (QED) is 0.469. The van der Waals surface area contributed by atoms with E-state index in [-0.39, 0.29) is 34.6 Å². The molecule has 2 N–H and O–H groups in total. The zero-order chi connectivity index (χ0) is 27.4. The summed E-state index contributed by atoms with van der Waals surface area (Å²) in [6, 6.07) is 4.49. The molecule has 38 heavy (non-hydrogen) atoms. The number of carbonyl (C=O) groups is 1. The molecule has 3 heterocycles. The number of halogens is 1. The minimum Gasteiger partial charge on any atom is -0.434 e. The van der Waals surface area contributed by atoms with Crippen molar-refractivity contribution >= 4 is 11.7 Å². The predicted molar refractivity (Wildman–Crippen MR) is 146 cm³/mol. The Bertz CT molecular complexity index is 1110. The van der Waals surface area contributed by atoms with Crippen molar-refractivity contribution < 1.29 is 13.9 Å². The lowest BCUT2D eigenvalue weighted by molar-refractivity contribution is -0.0337. The fraction of sp³-hybridized carbons (Fsp3) is 0.643. The summed E-state index contributed by atoms with van der Waals surface area (Å²) in [5, 5.41) is 8.15. The number of aromatic nitrogens is 3. The number of amides is 1. The molecule has 1 spiro atoms. The van der Waals surface area contributed by atoms with Gasteiger partial charge in [0.25, 0.3) is 11.8 Å². The third-order valence-electron chi connectivity index (χ3n) is 7.93. The highest BCUT2D eigenvalue weighted by Crippen LogP contribution is 2.44. The molecule has 1 aromatic heterocycles. The van der Waals surface area contributed by atoms with Crippen LogP contribution in [0.1, 0.15) is 64.2 Å². The van der Waals surface area contributed by atoms with Crippen molar-refractivity contribution in [3.05, 3.63) is 35.9 Å². The first-order valence-electron chi connectivity index (χ1n) is 13.8. The average molecular weight is 528 g/mol. The van der Waals surface area contributed by atoms with Crippen LogP contribution in [0.3, 0.4) is 0 Å². The number of nitrogens with zero attached hydrogens (tertiary/aromatic N) is 6. The number of ether oxygens (including phenoxy) is 1. The smallest absolute Gasteiger partial charge is 0.282 e. The number of benzene rings is 1. The number of rotatable bonds is 11. The lowest BCUT2D eigenvalue weighted by atomic mass is 9.76. The highest BCUT2D eigenvalue weighted by molar-refractivity contribution is 5.97. The molecule has 0 unspecified atom stereocenters. The van der Waals surface area contributed by atoms with Crippen LogP contribution in [-0.4, -0.2) is 82.2 Å². The van der Waals surface area contributed by atoms with Crippen LogP contribution >= 0.6 is 0 Å². The molecule has 2 fully saturated rings. The molecule has 0 aliphatic carbocycles. The van der Waals surface area contributed by atoms with Crippen LogP contribution in [0.4, 0.5) is 10.2 Å². The number of hydrogen-bond donors (Lipinski definition) is 1. The Kier molecular flexibility index (Phi) is 8.82. The molecule has 208 valence electrons. The van der Waals surface area contributed by atoms with E-state index in [2.05, 4.69) is 38.8 Å². The molecule has 0 radical (unpaired) electrons. The Balaban J connectivity index is 1.51. The van der Waals surface area contributed by atoms with Gasteiger partial charge in [-0.15, -0.1) is 10.2 Å². The fourth-order valence-electron chi connectivity index (χ4n) is 5.99. The molecule has 1 aromatic carbocycles. The van der Waals surface area contributed by atoms with Gasteiger partial charge in [-0.25, -0.2) is 9.37 Å². The first-order valence-corrected chi connectivity index (χ1v) is 13.8. The van der Waals surface area contributed by atoms with Crippen LogP contribution < -0.4 is 15.4 Å². The molecule has 1 amide bonds. The first kappa shape index (κ1) is 28.2. The van der Waals surface area contributed by atoms with Crippen LogP contribution in [0.25, 0.3) is 0 Å². The van der Waals surface area contributed by atoms with Gasteiger partial charge >= 0.3 is 0 Å². The van der Waals surface area contributed by atoms with E-state index in [0.29, 0.717) is 24.3 Å². The molecule has 0 bridgehead atoms. The summed E-state index contributed by atoms with van der Waals surface area (Å²) in [7, 11) is 0. The molecule has 2 aliphatic rings. The average Bonchev–Trinajstić information content (AvgIpc) is 3.31. The maximum Gasteiger partial charge on any atom is 0.282 e. The monoisotopic (exact) mass is 527 g/mol.